The van der Waals surface area contributed by atoms with Crippen molar-refractivity contribution in [3.8, 4) is 0 Å². The zero-order valence-electron chi connectivity index (χ0n) is 16.9. The average molecular weight is 386 g/mol. The molecule has 0 aliphatic rings. The van der Waals surface area contributed by atoms with Gasteiger partial charge in [-0.25, -0.2) is 4.98 Å². The van der Waals surface area contributed by atoms with Gasteiger partial charge in [0.2, 0.25) is 5.91 Å². The Morgan fingerprint density at radius 1 is 1.07 bits per heavy atom. The van der Waals surface area contributed by atoms with Crippen LogP contribution < -0.4 is 5.32 Å². The summed E-state index contributed by atoms with van der Waals surface area (Å²) < 4.78 is 2.22. The fourth-order valence-electron chi connectivity index (χ4n) is 3.27. The number of imidazole rings is 1. The Morgan fingerprint density at radius 3 is 2.28 bits per heavy atom. The van der Waals surface area contributed by atoms with Gasteiger partial charge in [0.05, 0.1) is 17.9 Å². The smallest absolute Gasteiger partial charge is 0.246 e. The van der Waals surface area contributed by atoms with Crippen LogP contribution in [0.3, 0.4) is 0 Å². The maximum absolute atomic E-state index is 12.1. The topological polar surface area (TPSA) is 46.9 Å². The molecule has 0 aliphatic heterocycles. The van der Waals surface area contributed by atoms with Crippen molar-refractivity contribution < 1.29 is 4.79 Å². The van der Waals surface area contributed by atoms with Crippen LogP contribution in [0.1, 0.15) is 35.3 Å². The number of amides is 1. The number of aromatic nitrogens is 2. The Bertz CT molecular complexity index is 988. The lowest BCUT2D eigenvalue weighted by atomic mass is 10.1. The maximum atomic E-state index is 12.1. The molecule has 148 valence electrons. The lowest BCUT2D eigenvalue weighted by Crippen LogP contribution is -2.25. The van der Waals surface area contributed by atoms with E-state index < -0.39 is 0 Å². The molecule has 1 heterocycles. The largest absolute Gasteiger partial charge is 0.347 e. The van der Waals surface area contributed by atoms with Gasteiger partial charge in [0, 0.05) is 25.0 Å². The molecular formula is C25H27N3O. The van der Waals surface area contributed by atoms with Gasteiger partial charge in [-0.1, -0.05) is 73.3 Å². The third-order valence-corrected chi connectivity index (χ3v) is 4.76. The molecule has 1 aromatic heterocycles. The SMILES string of the molecule is C=CCc1nc(Cc2ccccc2)n(Cc2ccccc2)c1CNC(=O)C(=C)C. The van der Waals surface area contributed by atoms with Crippen molar-refractivity contribution in [3.05, 3.63) is 114 Å². The first-order valence-electron chi connectivity index (χ1n) is 9.78. The fourth-order valence-corrected chi connectivity index (χ4v) is 3.27. The van der Waals surface area contributed by atoms with Crippen molar-refractivity contribution in [3.63, 3.8) is 0 Å². The van der Waals surface area contributed by atoms with Crippen LogP contribution in [0.5, 0.6) is 0 Å². The standard InChI is InChI=1S/C25H27N3O/c1-4-11-22-23(17-26-25(29)19(2)3)28(18-21-14-9-6-10-15-21)24(27-22)16-20-12-7-5-8-13-20/h4-10,12-15H,1-2,11,16-18H2,3H3,(H,26,29). The first-order valence-corrected chi connectivity index (χ1v) is 9.78. The van der Waals surface area contributed by atoms with Crippen LogP contribution in [0.15, 0.2) is 85.5 Å². The predicted molar refractivity (Wildman–Crippen MR) is 118 cm³/mol. The van der Waals surface area contributed by atoms with Gasteiger partial charge in [0.25, 0.3) is 0 Å². The first-order chi connectivity index (χ1) is 14.1. The van der Waals surface area contributed by atoms with Gasteiger partial charge in [-0.15, -0.1) is 6.58 Å². The Kier molecular flexibility index (Phi) is 6.80. The number of allylic oxidation sites excluding steroid dienone is 1. The van der Waals surface area contributed by atoms with Crippen LogP contribution in [-0.4, -0.2) is 15.5 Å². The van der Waals surface area contributed by atoms with E-state index in [0.717, 1.165) is 23.6 Å². The monoisotopic (exact) mass is 385 g/mol. The highest BCUT2D eigenvalue weighted by Gasteiger charge is 2.18. The minimum Gasteiger partial charge on any atom is -0.347 e. The molecule has 0 spiro atoms. The van der Waals surface area contributed by atoms with Gasteiger partial charge in [-0.05, 0) is 18.1 Å². The molecule has 0 unspecified atom stereocenters. The second kappa shape index (κ2) is 9.69. The van der Waals surface area contributed by atoms with E-state index in [1.165, 1.54) is 11.1 Å². The van der Waals surface area contributed by atoms with E-state index in [9.17, 15) is 4.79 Å². The summed E-state index contributed by atoms with van der Waals surface area (Å²) in [6.07, 6.45) is 3.24. The summed E-state index contributed by atoms with van der Waals surface area (Å²) in [5.74, 6) is 0.836. The third-order valence-electron chi connectivity index (χ3n) is 4.76. The van der Waals surface area contributed by atoms with Crippen molar-refractivity contribution >= 4 is 5.91 Å². The second-order valence-corrected chi connectivity index (χ2v) is 7.11. The molecule has 3 rings (SSSR count). The number of nitrogens with zero attached hydrogens (tertiary/aromatic N) is 2. The van der Waals surface area contributed by atoms with Gasteiger partial charge in [-0.3, -0.25) is 4.79 Å². The molecule has 0 fully saturated rings. The molecule has 29 heavy (non-hydrogen) atoms. The molecule has 3 aromatic rings. The number of hydrogen-bond donors (Lipinski definition) is 1. The van der Waals surface area contributed by atoms with Crippen molar-refractivity contribution in [1.29, 1.82) is 0 Å². The van der Waals surface area contributed by atoms with Crippen molar-refractivity contribution in [2.45, 2.75) is 32.9 Å². The Hall–Kier alpha value is -3.40. The molecule has 4 heteroatoms. The van der Waals surface area contributed by atoms with Crippen molar-refractivity contribution in [2.75, 3.05) is 0 Å². The summed E-state index contributed by atoms with van der Waals surface area (Å²) >= 11 is 0. The molecule has 0 atom stereocenters. The fraction of sp³-hybridized carbons (Fsp3) is 0.200. The minimum atomic E-state index is -0.147. The van der Waals surface area contributed by atoms with E-state index in [1.807, 2.05) is 42.5 Å². The quantitative estimate of drug-likeness (QED) is 0.437. The number of hydrogen-bond acceptors (Lipinski definition) is 2. The first kappa shape index (κ1) is 20.3. The zero-order valence-corrected chi connectivity index (χ0v) is 16.9. The maximum Gasteiger partial charge on any atom is 0.246 e. The van der Waals surface area contributed by atoms with Gasteiger partial charge < -0.3 is 9.88 Å². The van der Waals surface area contributed by atoms with Crippen LogP contribution >= 0.6 is 0 Å². The lowest BCUT2D eigenvalue weighted by Gasteiger charge is -2.14. The summed E-state index contributed by atoms with van der Waals surface area (Å²) in [5.41, 5.74) is 4.85. The molecule has 4 nitrogen and oxygen atoms in total. The normalized spacial score (nSPS) is 10.5. The van der Waals surface area contributed by atoms with Crippen molar-refractivity contribution in [2.24, 2.45) is 0 Å². The number of nitrogens with one attached hydrogen (secondary N) is 1. The van der Waals surface area contributed by atoms with Gasteiger partial charge in [0.1, 0.15) is 5.82 Å². The molecular weight excluding hydrogens is 358 g/mol. The van der Waals surface area contributed by atoms with Crippen LogP contribution in [-0.2, 0) is 30.7 Å². The van der Waals surface area contributed by atoms with Crippen molar-refractivity contribution in [1.82, 2.24) is 14.9 Å². The van der Waals surface area contributed by atoms with Crippen LogP contribution in [0, 0.1) is 0 Å². The molecule has 1 amide bonds. The molecule has 0 saturated heterocycles. The van der Waals surface area contributed by atoms with Gasteiger partial charge in [0.15, 0.2) is 0 Å². The Morgan fingerprint density at radius 2 is 1.69 bits per heavy atom. The van der Waals surface area contributed by atoms with Crippen LogP contribution in [0.2, 0.25) is 0 Å². The number of rotatable bonds is 9. The summed E-state index contributed by atoms with van der Waals surface area (Å²) in [6.45, 7) is 10.4. The molecule has 0 radical (unpaired) electrons. The van der Waals surface area contributed by atoms with E-state index in [-0.39, 0.29) is 5.91 Å². The summed E-state index contributed by atoms with van der Waals surface area (Å²) in [6, 6.07) is 20.6. The Labute approximate surface area is 172 Å². The minimum absolute atomic E-state index is 0.147. The van der Waals surface area contributed by atoms with E-state index in [2.05, 4.69) is 47.3 Å². The lowest BCUT2D eigenvalue weighted by molar-refractivity contribution is -0.117. The number of carbonyl (C=O) groups excluding carboxylic acids is 1. The van der Waals surface area contributed by atoms with E-state index in [4.69, 9.17) is 4.98 Å². The van der Waals surface area contributed by atoms with Crippen LogP contribution in [0.25, 0.3) is 0 Å². The highest BCUT2D eigenvalue weighted by molar-refractivity contribution is 5.91. The molecule has 1 N–H and O–H groups in total. The molecule has 0 bridgehead atoms. The highest BCUT2D eigenvalue weighted by atomic mass is 16.1. The number of carbonyl (C=O) groups is 1. The van der Waals surface area contributed by atoms with E-state index in [0.29, 0.717) is 25.1 Å². The average Bonchev–Trinajstić information content (AvgIpc) is 3.03. The summed E-state index contributed by atoms with van der Waals surface area (Å²) in [4.78, 5) is 17.0. The van der Waals surface area contributed by atoms with Gasteiger partial charge in [-0.2, -0.15) is 0 Å². The predicted octanol–water partition coefficient (Wildman–Crippen LogP) is 4.44. The van der Waals surface area contributed by atoms with Crippen LogP contribution in [0.4, 0.5) is 0 Å². The molecule has 0 saturated carbocycles. The number of benzene rings is 2. The molecule has 2 aromatic carbocycles. The summed E-state index contributed by atoms with van der Waals surface area (Å²) in [7, 11) is 0. The summed E-state index contributed by atoms with van der Waals surface area (Å²) in [5, 5.41) is 2.97. The van der Waals surface area contributed by atoms with E-state index >= 15 is 0 Å². The molecule has 0 aliphatic carbocycles. The van der Waals surface area contributed by atoms with Gasteiger partial charge >= 0.3 is 0 Å². The third kappa shape index (κ3) is 5.32. The zero-order chi connectivity index (χ0) is 20.6. The van der Waals surface area contributed by atoms with E-state index in [1.54, 1.807) is 6.92 Å². The highest BCUT2D eigenvalue weighted by Crippen LogP contribution is 2.19. The Balaban J connectivity index is 2.00. The second-order valence-electron chi connectivity index (χ2n) is 7.11.